The highest BCUT2D eigenvalue weighted by molar-refractivity contribution is 5.94. The van der Waals surface area contributed by atoms with Crippen LogP contribution >= 0.6 is 0 Å². The molecule has 0 atom stereocenters. The predicted octanol–water partition coefficient (Wildman–Crippen LogP) is -0.238. The van der Waals surface area contributed by atoms with Crippen LogP contribution in [0.25, 0.3) is 0 Å². The Morgan fingerprint density at radius 2 is 1.65 bits per heavy atom. The fourth-order valence-electron chi connectivity index (χ4n) is 1.59. The van der Waals surface area contributed by atoms with Crippen LogP contribution < -0.4 is 0 Å². The van der Waals surface area contributed by atoms with Gasteiger partial charge in [-0.2, -0.15) is 0 Å². The lowest BCUT2D eigenvalue weighted by molar-refractivity contribution is -0.149. The minimum Gasteiger partial charge on any atom is -0.466 e. The molecule has 1 fully saturated rings. The van der Waals surface area contributed by atoms with Crippen LogP contribution in [0.1, 0.15) is 13.3 Å². The molecule has 1 rings (SSSR count). The topological polar surface area (TPSA) is 87.2 Å². The summed E-state index contributed by atoms with van der Waals surface area (Å²) in [5.41, 5.74) is 0. The second kappa shape index (κ2) is 6.07. The Labute approximate surface area is 98.9 Å². The maximum Gasteiger partial charge on any atom is 0.407 e. The van der Waals surface area contributed by atoms with Gasteiger partial charge in [0.15, 0.2) is 0 Å². The number of carbonyl (C=O) groups is 3. The third-order valence-electron chi connectivity index (χ3n) is 2.50. The first kappa shape index (κ1) is 13.3. The van der Waals surface area contributed by atoms with Crippen LogP contribution in [0.2, 0.25) is 0 Å². The van der Waals surface area contributed by atoms with E-state index in [1.807, 2.05) is 0 Å². The lowest BCUT2D eigenvalue weighted by Crippen LogP contribution is -2.50. The van der Waals surface area contributed by atoms with Crippen molar-refractivity contribution in [2.45, 2.75) is 13.3 Å². The normalized spacial score (nSPS) is 15.6. The summed E-state index contributed by atoms with van der Waals surface area (Å²) in [6.45, 7) is 3.13. The predicted molar refractivity (Wildman–Crippen MR) is 57.4 cm³/mol. The fraction of sp³-hybridized carbons (Fsp3) is 0.700. The van der Waals surface area contributed by atoms with Crippen LogP contribution in [-0.2, 0) is 14.3 Å². The van der Waals surface area contributed by atoms with Crippen LogP contribution in [0.4, 0.5) is 4.79 Å². The minimum atomic E-state index is -0.984. The third-order valence-corrected chi connectivity index (χ3v) is 2.50. The number of ether oxygens (including phenoxy) is 1. The van der Waals surface area contributed by atoms with E-state index in [1.165, 1.54) is 9.80 Å². The van der Waals surface area contributed by atoms with Crippen molar-refractivity contribution in [3.05, 3.63) is 0 Å². The lowest BCUT2D eigenvalue weighted by atomic mass is 10.3. The third kappa shape index (κ3) is 3.93. The molecule has 0 aliphatic carbocycles. The Morgan fingerprint density at radius 1 is 1.12 bits per heavy atom. The summed E-state index contributed by atoms with van der Waals surface area (Å²) < 4.78 is 4.67. The van der Waals surface area contributed by atoms with Gasteiger partial charge in [-0.15, -0.1) is 0 Å². The second-order valence-corrected chi connectivity index (χ2v) is 3.63. The Morgan fingerprint density at radius 3 is 2.12 bits per heavy atom. The Hall–Kier alpha value is -1.79. The van der Waals surface area contributed by atoms with Gasteiger partial charge >= 0.3 is 12.1 Å². The summed E-state index contributed by atoms with van der Waals surface area (Å²) in [6, 6.07) is 0. The van der Waals surface area contributed by atoms with E-state index in [0.29, 0.717) is 13.1 Å². The zero-order valence-corrected chi connectivity index (χ0v) is 9.72. The maximum atomic E-state index is 11.6. The highest BCUT2D eigenvalue weighted by Crippen LogP contribution is 2.04. The summed E-state index contributed by atoms with van der Waals surface area (Å²) in [7, 11) is 0. The molecule has 0 bridgehead atoms. The number of hydrogen-bond donors (Lipinski definition) is 1. The monoisotopic (exact) mass is 244 g/mol. The minimum absolute atomic E-state index is 0.249. The number of nitrogens with zero attached hydrogens (tertiary/aromatic N) is 2. The van der Waals surface area contributed by atoms with Gasteiger partial charge in [0.1, 0.15) is 6.42 Å². The second-order valence-electron chi connectivity index (χ2n) is 3.63. The van der Waals surface area contributed by atoms with Crippen LogP contribution in [0, 0.1) is 0 Å². The van der Waals surface area contributed by atoms with E-state index < -0.39 is 12.1 Å². The number of carboxylic acid groups (broad SMARTS) is 1. The first-order valence-electron chi connectivity index (χ1n) is 5.46. The van der Waals surface area contributed by atoms with Crippen LogP contribution in [0.3, 0.4) is 0 Å². The molecule has 1 saturated heterocycles. The molecular formula is C10H16N2O5. The molecule has 7 nitrogen and oxygen atoms in total. The number of amides is 2. The van der Waals surface area contributed by atoms with Gasteiger partial charge in [0.2, 0.25) is 5.91 Å². The zero-order valence-electron chi connectivity index (χ0n) is 9.72. The number of esters is 1. The molecule has 96 valence electrons. The average molecular weight is 244 g/mol. The quantitative estimate of drug-likeness (QED) is 0.547. The van der Waals surface area contributed by atoms with Crippen LogP contribution in [-0.4, -0.2) is 65.7 Å². The molecule has 1 N–H and O–H groups in total. The zero-order chi connectivity index (χ0) is 12.8. The molecule has 1 aliphatic heterocycles. The van der Waals surface area contributed by atoms with E-state index in [9.17, 15) is 14.4 Å². The van der Waals surface area contributed by atoms with Crippen molar-refractivity contribution >= 4 is 18.0 Å². The van der Waals surface area contributed by atoms with E-state index in [1.54, 1.807) is 6.92 Å². The Balaban J connectivity index is 2.35. The van der Waals surface area contributed by atoms with Crippen LogP contribution in [0.15, 0.2) is 0 Å². The molecule has 0 radical (unpaired) electrons. The number of piperazine rings is 1. The molecular weight excluding hydrogens is 228 g/mol. The van der Waals surface area contributed by atoms with Gasteiger partial charge in [0.25, 0.3) is 0 Å². The van der Waals surface area contributed by atoms with Gasteiger partial charge < -0.3 is 19.6 Å². The van der Waals surface area contributed by atoms with Crippen molar-refractivity contribution in [3.8, 4) is 0 Å². The highest BCUT2D eigenvalue weighted by Gasteiger charge is 2.25. The largest absolute Gasteiger partial charge is 0.466 e. The van der Waals surface area contributed by atoms with Crippen molar-refractivity contribution < 1.29 is 24.2 Å². The van der Waals surface area contributed by atoms with Gasteiger partial charge in [0, 0.05) is 26.2 Å². The van der Waals surface area contributed by atoms with Gasteiger partial charge in [-0.1, -0.05) is 0 Å². The molecule has 0 aromatic heterocycles. The maximum absolute atomic E-state index is 11.6. The molecule has 0 unspecified atom stereocenters. The smallest absolute Gasteiger partial charge is 0.407 e. The molecule has 0 aromatic rings. The lowest BCUT2D eigenvalue weighted by Gasteiger charge is -2.32. The van der Waals surface area contributed by atoms with E-state index in [4.69, 9.17) is 5.11 Å². The molecule has 0 spiro atoms. The molecule has 0 saturated carbocycles. The molecule has 0 aromatic carbocycles. The summed E-state index contributed by atoms with van der Waals surface area (Å²) in [5.74, 6) is -0.855. The van der Waals surface area contributed by atoms with E-state index in [0.717, 1.165) is 0 Å². The van der Waals surface area contributed by atoms with Gasteiger partial charge in [-0.05, 0) is 6.92 Å². The van der Waals surface area contributed by atoms with Crippen molar-refractivity contribution in [1.29, 1.82) is 0 Å². The average Bonchev–Trinajstić information content (AvgIpc) is 2.29. The molecule has 1 aliphatic rings. The highest BCUT2D eigenvalue weighted by atomic mass is 16.5. The molecule has 17 heavy (non-hydrogen) atoms. The van der Waals surface area contributed by atoms with E-state index in [-0.39, 0.29) is 32.0 Å². The first-order valence-corrected chi connectivity index (χ1v) is 5.46. The summed E-state index contributed by atoms with van der Waals surface area (Å²) in [5, 5.41) is 8.73. The molecule has 7 heteroatoms. The number of hydrogen-bond acceptors (Lipinski definition) is 4. The first-order chi connectivity index (χ1) is 8.04. The van der Waals surface area contributed by atoms with Crippen LogP contribution in [0.5, 0.6) is 0 Å². The van der Waals surface area contributed by atoms with E-state index in [2.05, 4.69) is 4.74 Å². The summed E-state index contributed by atoms with van der Waals surface area (Å²) in [4.78, 5) is 36.1. The van der Waals surface area contributed by atoms with E-state index >= 15 is 0 Å². The van der Waals surface area contributed by atoms with Gasteiger partial charge in [-0.25, -0.2) is 4.79 Å². The van der Waals surface area contributed by atoms with Gasteiger partial charge in [0.05, 0.1) is 6.61 Å². The standard InChI is InChI=1S/C10H16N2O5/c1-2-17-9(14)7-8(13)11-3-5-12(6-4-11)10(15)16/h2-7H2,1H3,(H,15,16). The Kier molecular flexibility index (Phi) is 4.74. The fourth-order valence-corrected chi connectivity index (χ4v) is 1.59. The molecule has 1 heterocycles. The van der Waals surface area contributed by atoms with Crippen molar-refractivity contribution in [2.24, 2.45) is 0 Å². The van der Waals surface area contributed by atoms with Crippen molar-refractivity contribution in [2.75, 3.05) is 32.8 Å². The SMILES string of the molecule is CCOC(=O)CC(=O)N1CCN(C(=O)O)CC1. The van der Waals surface area contributed by atoms with Crippen molar-refractivity contribution in [1.82, 2.24) is 9.80 Å². The Bertz CT molecular complexity index is 310. The summed E-state index contributed by atoms with van der Waals surface area (Å²) >= 11 is 0. The number of rotatable bonds is 3. The number of carbonyl (C=O) groups excluding carboxylic acids is 2. The summed E-state index contributed by atoms with van der Waals surface area (Å²) in [6.07, 6.45) is -1.26. The van der Waals surface area contributed by atoms with Gasteiger partial charge in [-0.3, -0.25) is 9.59 Å². The molecule has 2 amide bonds. The van der Waals surface area contributed by atoms with Crippen molar-refractivity contribution in [3.63, 3.8) is 0 Å².